The Kier molecular flexibility index (Phi) is 2.96. The first kappa shape index (κ1) is 10.4. The van der Waals surface area contributed by atoms with E-state index in [1.807, 2.05) is 49.4 Å². The van der Waals surface area contributed by atoms with E-state index >= 15 is 0 Å². The van der Waals surface area contributed by atoms with Crippen molar-refractivity contribution in [3.8, 4) is 0 Å². The second-order valence-electron chi connectivity index (χ2n) is 3.56. The maximum atomic E-state index is 5.88. The second-order valence-corrected chi connectivity index (χ2v) is 3.56. The van der Waals surface area contributed by atoms with Gasteiger partial charge >= 0.3 is 0 Å². The average Bonchev–Trinajstić information content (AvgIpc) is 2.33. The molecule has 80 valence electrons. The van der Waals surface area contributed by atoms with E-state index in [9.17, 15) is 0 Å². The molecule has 1 aromatic carbocycles. The molecule has 16 heavy (non-hydrogen) atoms. The normalized spacial score (nSPS) is 11.4. The number of hydrogen-bond acceptors (Lipinski definition) is 2. The van der Waals surface area contributed by atoms with Crippen molar-refractivity contribution >= 4 is 11.7 Å². The molecule has 0 spiro atoms. The molecule has 0 saturated heterocycles. The molecule has 0 aliphatic carbocycles. The van der Waals surface area contributed by atoms with Crippen LogP contribution in [-0.2, 0) is 0 Å². The summed E-state index contributed by atoms with van der Waals surface area (Å²) in [4.78, 5) is 8.43. The van der Waals surface area contributed by atoms with Crippen LogP contribution in [0.2, 0.25) is 0 Å². The maximum absolute atomic E-state index is 5.88. The molecular formula is C13H13N3. The van der Waals surface area contributed by atoms with Gasteiger partial charge in [0.1, 0.15) is 5.84 Å². The van der Waals surface area contributed by atoms with Crippen molar-refractivity contribution < 1.29 is 0 Å². The van der Waals surface area contributed by atoms with Gasteiger partial charge in [-0.05, 0) is 18.6 Å². The fraction of sp³-hybridized carbons (Fsp3) is 0.0769. The number of aromatic nitrogens is 1. The molecule has 3 nitrogen and oxygen atoms in total. The SMILES string of the molecule is Cc1ccc(N=C(N)c2ccccc2)nc1. The smallest absolute Gasteiger partial charge is 0.154 e. The van der Waals surface area contributed by atoms with Crippen LogP contribution >= 0.6 is 0 Å². The number of rotatable bonds is 2. The molecule has 0 amide bonds. The summed E-state index contributed by atoms with van der Waals surface area (Å²) in [7, 11) is 0. The van der Waals surface area contributed by atoms with Crippen molar-refractivity contribution in [2.24, 2.45) is 10.7 Å². The summed E-state index contributed by atoms with van der Waals surface area (Å²) in [5.41, 5.74) is 7.89. The highest BCUT2D eigenvalue weighted by Crippen LogP contribution is 2.09. The van der Waals surface area contributed by atoms with Crippen molar-refractivity contribution in [1.82, 2.24) is 4.98 Å². The topological polar surface area (TPSA) is 51.3 Å². The lowest BCUT2D eigenvalue weighted by Crippen LogP contribution is -2.12. The zero-order valence-corrected chi connectivity index (χ0v) is 9.09. The molecule has 1 heterocycles. The largest absolute Gasteiger partial charge is 0.383 e. The van der Waals surface area contributed by atoms with Gasteiger partial charge in [-0.2, -0.15) is 0 Å². The number of nitrogens with zero attached hydrogens (tertiary/aromatic N) is 2. The Hall–Kier alpha value is -2.16. The Morgan fingerprint density at radius 3 is 2.50 bits per heavy atom. The highest BCUT2D eigenvalue weighted by atomic mass is 14.9. The second kappa shape index (κ2) is 4.57. The van der Waals surface area contributed by atoms with E-state index in [1.165, 1.54) is 0 Å². The fourth-order valence-corrected chi connectivity index (χ4v) is 1.32. The predicted octanol–water partition coefficient (Wildman–Crippen LogP) is 2.43. The maximum Gasteiger partial charge on any atom is 0.154 e. The summed E-state index contributed by atoms with van der Waals surface area (Å²) < 4.78 is 0. The Morgan fingerprint density at radius 1 is 1.12 bits per heavy atom. The number of hydrogen-bond donors (Lipinski definition) is 1. The van der Waals surface area contributed by atoms with E-state index in [4.69, 9.17) is 5.73 Å². The van der Waals surface area contributed by atoms with Gasteiger partial charge in [0.15, 0.2) is 5.82 Å². The first-order valence-electron chi connectivity index (χ1n) is 5.08. The van der Waals surface area contributed by atoms with Crippen LogP contribution < -0.4 is 5.73 Å². The number of aliphatic imine (C=N–C) groups is 1. The van der Waals surface area contributed by atoms with Crippen molar-refractivity contribution in [3.05, 3.63) is 59.8 Å². The van der Waals surface area contributed by atoms with Gasteiger partial charge in [-0.1, -0.05) is 36.4 Å². The minimum absolute atomic E-state index is 0.483. The third-order valence-corrected chi connectivity index (χ3v) is 2.20. The van der Waals surface area contributed by atoms with Gasteiger partial charge in [-0.15, -0.1) is 0 Å². The summed E-state index contributed by atoms with van der Waals surface area (Å²) in [5, 5.41) is 0. The molecule has 0 fully saturated rings. The van der Waals surface area contributed by atoms with Crippen LogP contribution in [0.15, 0.2) is 53.7 Å². The van der Waals surface area contributed by atoms with Crippen molar-refractivity contribution in [3.63, 3.8) is 0 Å². The van der Waals surface area contributed by atoms with E-state index in [0.717, 1.165) is 11.1 Å². The Balaban J connectivity index is 2.28. The molecule has 0 radical (unpaired) electrons. The lowest BCUT2D eigenvalue weighted by atomic mass is 10.2. The summed E-state index contributed by atoms with van der Waals surface area (Å²) in [5.74, 6) is 1.11. The molecule has 0 unspecified atom stereocenters. The first-order valence-corrected chi connectivity index (χ1v) is 5.08. The van der Waals surface area contributed by atoms with E-state index in [-0.39, 0.29) is 0 Å². The molecule has 0 aliphatic heterocycles. The van der Waals surface area contributed by atoms with E-state index in [2.05, 4.69) is 9.98 Å². The van der Waals surface area contributed by atoms with Crippen LogP contribution in [0, 0.1) is 6.92 Å². The van der Waals surface area contributed by atoms with Crippen LogP contribution in [0.1, 0.15) is 11.1 Å². The van der Waals surface area contributed by atoms with E-state index in [0.29, 0.717) is 11.7 Å². The number of aryl methyl sites for hydroxylation is 1. The molecule has 1 aromatic heterocycles. The molecule has 2 N–H and O–H groups in total. The number of nitrogens with two attached hydrogens (primary N) is 1. The van der Waals surface area contributed by atoms with Crippen LogP contribution in [-0.4, -0.2) is 10.8 Å². The van der Waals surface area contributed by atoms with Crippen molar-refractivity contribution in [2.45, 2.75) is 6.92 Å². The number of benzene rings is 1. The van der Waals surface area contributed by atoms with Gasteiger partial charge in [-0.25, -0.2) is 9.98 Å². The molecule has 2 aromatic rings. The lowest BCUT2D eigenvalue weighted by Gasteiger charge is -2.00. The quantitative estimate of drug-likeness (QED) is 0.612. The summed E-state index contributed by atoms with van der Waals surface area (Å²) in [6.07, 6.45) is 1.77. The first-order chi connectivity index (χ1) is 7.75. The molecule has 0 aliphatic rings. The molecule has 0 saturated carbocycles. The van der Waals surface area contributed by atoms with Gasteiger partial charge in [0.25, 0.3) is 0 Å². The van der Waals surface area contributed by atoms with Gasteiger partial charge in [-0.3, -0.25) is 0 Å². The van der Waals surface area contributed by atoms with E-state index < -0.39 is 0 Å². The Morgan fingerprint density at radius 2 is 1.88 bits per heavy atom. The molecule has 3 heteroatoms. The minimum Gasteiger partial charge on any atom is -0.383 e. The van der Waals surface area contributed by atoms with Gasteiger partial charge < -0.3 is 5.73 Å². The van der Waals surface area contributed by atoms with Crippen molar-refractivity contribution in [1.29, 1.82) is 0 Å². The molecule has 0 atom stereocenters. The monoisotopic (exact) mass is 211 g/mol. The molecule has 2 rings (SSSR count). The molecular weight excluding hydrogens is 198 g/mol. The zero-order valence-electron chi connectivity index (χ0n) is 9.09. The third kappa shape index (κ3) is 2.45. The van der Waals surface area contributed by atoms with Crippen LogP contribution in [0.25, 0.3) is 0 Å². The van der Waals surface area contributed by atoms with Crippen molar-refractivity contribution in [2.75, 3.05) is 0 Å². The third-order valence-electron chi connectivity index (χ3n) is 2.20. The van der Waals surface area contributed by atoms with E-state index in [1.54, 1.807) is 6.20 Å². The summed E-state index contributed by atoms with van der Waals surface area (Å²) in [6.45, 7) is 1.99. The van der Waals surface area contributed by atoms with Crippen LogP contribution in [0.3, 0.4) is 0 Å². The highest BCUT2D eigenvalue weighted by molar-refractivity contribution is 5.98. The van der Waals surface area contributed by atoms with Crippen LogP contribution in [0.4, 0.5) is 5.82 Å². The lowest BCUT2D eigenvalue weighted by molar-refractivity contribution is 1.23. The standard InChI is InChI=1S/C13H13N3/c1-10-7-8-12(15-9-10)16-13(14)11-5-3-2-4-6-11/h2-9H,1H3,(H2,14,15,16). The minimum atomic E-state index is 0.483. The average molecular weight is 211 g/mol. The summed E-state index contributed by atoms with van der Waals surface area (Å²) in [6, 6.07) is 13.5. The van der Waals surface area contributed by atoms with Gasteiger partial charge in [0.2, 0.25) is 0 Å². The van der Waals surface area contributed by atoms with Gasteiger partial charge in [0, 0.05) is 11.8 Å². The van der Waals surface area contributed by atoms with Crippen LogP contribution in [0.5, 0.6) is 0 Å². The number of amidine groups is 1. The fourth-order valence-electron chi connectivity index (χ4n) is 1.32. The highest BCUT2D eigenvalue weighted by Gasteiger charge is 1.97. The summed E-state index contributed by atoms with van der Waals surface area (Å²) >= 11 is 0. The van der Waals surface area contributed by atoms with Gasteiger partial charge in [0.05, 0.1) is 0 Å². The Bertz CT molecular complexity index is 486. The zero-order chi connectivity index (χ0) is 11.4. The predicted molar refractivity (Wildman–Crippen MR) is 65.8 cm³/mol. The number of pyridine rings is 1. The molecule has 0 bridgehead atoms. The Labute approximate surface area is 94.7 Å².